The fourth-order valence-corrected chi connectivity index (χ4v) is 2.17. The summed E-state index contributed by atoms with van der Waals surface area (Å²) in [6.45, 7) is 0.00567. The predicted molar refractivity (Wildman–Crippen MR) is 73.0 cm³/mol. The molecule has 0 heterocycles. The Balaban J connectivity index is 3.04. The molecule has 1 aromatic carbocycles. The lowest BCUT2D eigenvalue weighted by atomic mass is 10.3. The Morgan fingerprint density at radius 3 is 2.63 bits per heavy atom. The highest BCUT2D eigenvalue weighted by Crippen LogP contribution is 2.25. The van der Waals surface area contributed by atoms with Crippen molar-refractivity contribution in [3.05, 3.63) is 23.2 Å². The zero-order chi connectivity index (χ0) is 14.6. The second-order valence-electron chi connectivity index (χ2n) is 3.86. The molecular formula is C11H15ClN2O4S. The molecule has 0 saturated carbocycles. The smallest absolute Gasteiger partial charge is 0.254 e. The zero-order valence-corrected chi connectivity index (χ0v) is 12.1. The number of sulfone groups is 1. The number of rotatable bonds is 5. The number of carbonyl (C=O) groups is 1. The lowest BCUT2D eigenvalue weighted by Crippen LogP contribution is -2.36. The summed E-state index contributed by atoms with van der Waals surface area (Å²) in [5, 5.41) is 2.71. The Morgan fingerprint density at radius 2 is 2.16 bits per heavy atom. The molecule has 0 aromatic heterocycles. The van der Waals surface area contributed by atoms with E-state index in [0.29, 0.717) is 0 Å². The van der Waals surface area contributed by atoms with Gasteiger partial charge in [-0.25, -0.2) is 8.42 Å². The van der Waals surface area contributed by atoms with Crippen LogP contribution in [0.5, 0.6) is 0 Å². The first-order valence-electron chi connectivity index (χ1n) is 5.33. The van der Waals surface area contributed by atoms with Crippen molar-refractivity contribution in [1.82, 2.24) is 0 Å². The lowest BCUT2D eigenvalue weighted by molar-refractivity contribution is -0.125. The van der Waals surface area contributed by atoms with E-state index in [1.165, 1.54) is 25.3 Å². The van der Waals surface area contributed by atoms with Crippen LogP contribution >= 0.6 is 11.6 Å². The maximum Gasteiger partial charge on any atom is 0.254 e. The number of anilines is 1. The zero-order valence-electron chi connectivity index (χ0n) is 10.5. The molecule has 0 radical (unpaired) electrons. The van der Waals surface area contributed by atoms with Gasteiger partial charge in [-0.05, 0) is 18.2 Å². The Kier molecular flexibility index (Phi) is 5.30. The van der Waals surface area contributed by atoms with Crippen molar-refractivity contribution in [1.29, 1.82) is 0 Å². The Labute approximate surface area is 116 Å². The Morgan fingerprint density at radius 1 is 1.53 bits per heavy atom. The van der Waals surface area contributed by atoms with E-state index in [1.54, 1.807) is 0 Å². The first kappa shape index (κ1) is 15.9. The van der Waals surface area contributed by atoms with Gasteiger partial charge in [0.2, 0.25) is 0 Å². The highest BCUT2D eigenvalue weighted by atomic mass is 35.5. The van der Waals surface area contributed by atoms with E-state index in [0.717, 1.165) is 6.26 Å². The van der Waals surface area contributed by atoms with Crippen molar-refractivity contribution >= 4 is 33.0 Å². The normalized spacial score (nSPS) is 13.1. The van der Waals surface area contributed by atoms with E-state index >= 15 is 0 Å². The van der Waals surface area contributed by atoms with Gasteiger partial charge in [0.15, 0.2) is 9.84 Å². The molecule has 0 bridgehead atoms. The van der Waals surface area contributed by atoms with Gasteiger partial charge < -0.3 is 15.8 Å². The fourth-order valence-electron chi connectivity index (χ4n) is 1.35. The summed E-state index contributed by atoms with van der Waals surface area (Å²) in [6, 6.07) is 4.06. The minimum absolute atomic E-state index is 0.00567. The maximum atomic E-state index is 11.8. The van der Waals surface area contributed by atoms with Gasteiger partial charge in [-0.3, -0.25) is 4.79 Å². The lowest BCUT2D eigenvalue weighted by Gasteiger charge is -2.14. The molecular weight excluding hydrogens is 292 g/mol. The number of amides is 1. The van der Waals surface area contributed by atoms with Gasteiger partial charge in [0.1, 0.15) is 6.10 Å². The summed E-state index contributed by atoms with van der Waals surface area (Å²) in [5.41, 5.74) is 5.56. The molecule has 1 unspecified atom stereocenters. The largest absolute Gasteiger partial charge is 0.370 e. The molecule has 0 saturated heterocycles. The van der Waals surface area contributed by atoms with Crippen molar-refractivity contribution in [2.75, 3.05) is 25.2 Å². The number of nitrogens with one attached hydrogen (secondary N) is 1. The molecule has 106 valence electrons. The predicted octanol–water partition coefficient (Wildman–Crippen LogP) is 0.656. The topological polar surface area (TPSA) is 98.5 Å². The third-order valence-electron chi connectivity index (χ3n) is 2.41. The van der Waals surface area contributed by atoms with Crippen LogP contribution in [0.4, 0.5) is 5.69 Å². The van der Waals surface area contributed by atoms with Crippen molar-refractivity contribution in [2.24, 2.45) is 5.73 Å². The molecule has 1 aromatic rings. The van der Waals surface area contributed by atoms with Crippen LogP contribution in [0.2, 0.25) is 5.02 Å². The Bertz CT molecular complexity index is 570. The molecule has 8 heteroatoms. The highest BCUT2D eigenvalue weighted by Gasteiger charge is 2.18. The molecule has 0 aliphatic heterocycles. The maximum absolute atomic E-state index is 11.8. The van der Waals surface area contributed by atoms with Crippen LogP contribution in [0, 0.1) is 0 Å². The van der Waals surface area contributed by atoms with Crippen molar-refractivity contribution in [3.63, 3.8) is 0 Å². The molecule has 1 rings (SSSR count). The summed E-state index contributed by atoms with van der Waals surface area (Å²) in [4.78, 5) is 11.8. The van der Waals surface area contributed by atoms with Crippen LogP contribution in [0.15, 0.2) is 23.1 Å². The number of benzene rings is 1. The second kappa shape index (κ2) is 6.33. The van der Waals surface area contributed by atoms with Crippen LogP contribution in [0.3, 0.4) is 0 Å². The molecule has 19 heavy (non-hydrogen) atoms. The van der Waals surface area contributed by atoms with Crippen LogP contribution in [-0.4, -0.2) is 40.3 Å². The van der Waals surface area contributed by atoms with Gasteiger partial charge in [0, 0.05) is 19.9 Å². The first-order chi connectivity index (χ1) is 8.79. The van der Waals surface area contributed by atoms with Crippen molar-refractivity contribution < 1.29 is 17.9 Å². The molecule has 0 spiro atoms. The number of methoxy groups -OCH3 is 1. The van der Waals surface area contributed by atoms with E-state index < -0.39 is 21.8 Å². The number of hydrogen-bond donors (Lipinski definition) is 2. The number of ether oxygens (including phenoxy) is 1. The van der Waals surface area contributed by atoms with Gasteiger partial charge in [0.05, 0.1) is 15.6 Å². The molecule has 0 aliphatic carbocycles. The standard InChI is InChI=1S/C11H15ClN2O4S/c1-18-10(6-13)11(15)14-9-5-7(19(2,16)17)3-4-8(9)12/h3-5,10H,6,13H2,1-2H3,(H,14,15). The van der Waals surface area contributed by atoms with E-state index in [1.807, 2.05) is 0 Å². The van der Waals surface area contributed by atoms with Gasteiger partial charge in [-0.1, -0.05) is 11.6 Å². The third kappa shape index (κ3) is 4.17. The molecule has 0 aliphatic rings. The van der Waals surface area contributed by atoms with Crippen LogP contribution < -0.4 is 11.1 Å². The third-order valence-corrected chi connectivity index (χ3v) is 3.85. The van der Waals surface area contributed by atoms with E-state index in [4.69, 9.17) is 22.1 Å². The minimum Gasteiger partial charge on any atom is -0.370 e. The summed E-state index contributed by atoms with van der Waals surface area (Å²) in [7, 11) is -2.02. The van der Waals surface area contributed by atoms with Gasteiger partial charge in [0.25, 0.3) is 5.91 Å². The van der Waals surface area contributed by atoms with E-state index in [9.17, 15) is 13.2 Å². The number of hydrogen-bond acceptors (Lipinski definition) is 5. The molecule has 6 nitrogen and oxygen atoms in total. The summed E-state index contributed by atoms with van der Waals surface area (Å²) in [5.74, 6) is -0.488. The summed E-state index contributed by atoms with van der Waals surface area (Å²) >= 11 is 5.90. The minimum atomic E-state index is -3.38. The first-order valence-corrected chi connectivity index (χ1v) is 7.60. The SMILES string of the molecule is COC(CN)C(=O)Nc1cc(S(C)(=O)=O)ccc1Cl. The molecule has 1 amide bonds. The monoisotopic (exact) mass is 306 g/mol. The number of halogens is 1. The summed E-state index contributed by atoms with van der Waals surface area (Å²) in [6.07, 6.45) is 0.248. The summed E-state index contributed by atoms with van der Waals surface area (Å²) < 4.78 is 27.7. The Hall–Kier alpha value is -1.15. The number of nitrogens with two attached hydrogens (primary N) is 1. The van der Waals surface area contributed by atoms with Crippen LogP contribution in [0.1, 0.15) is 0 Å². The van der Waals surface area contributed by atoms with Gasteiger partial charge >= 0.3 is 0 Å². The quantitative estimate of drug-likeness (QED) is 0.832. The van der Waals surface area contributed by atoms with E-state index in [-0.39, 0.29) is 22.2 Å². The highest BCUT2D eigenvalue weighted by molar-refractivity contribution is 7.90. The van der Waals surface area contributed by atoms with Crippen molar-refractivity contribution in [2.45, 2.75) is 11.0 Å². The average Bonchev–Trinajstić information content (AvgIpc) is 2.32. The number of carbonyl (C=O) groups excluding carboxylic acids is 1. The fraction of sp³-hybridized carbons (Fsp3) is 0.364. The van der Waals surface area contributed by atoms with E-state index in [2.05, 4.69) is 5.32 Å². The molecule has 0 fully saturated rings. The molecule has 1 atom stereocenters. The van der Waals surface area contributed by atoms with Gasteiger partial charge in [-0.2, -0.15) is 0 Å². The van der Waals surface area contributed by atoms with Crippen LogP contribution in [-0.2, 0) is 19.4 Å². The average molecular weight is 307 g/mol. The molecule has 3 N–H and O–H groups in total. The van der Waals surface area contributed by atoms with Crippen LogP contribution in [0.25, 0.3) is 0 Å². The van der Waals surface area contributed by atoms with Crippen molar-refractivity contribution in [3.8, 4) is 0 Å². The van der Waals surface area contributed by atoms with Gasteiger partial charge in [-0.15, -0.1) is 0 Å². The second-order valence-corrected chi connectivity index (χ2v) is 6.29.